The van der Waals surface area contributed by atoms with Gasteiger partial charge in [0, 0.05) is 6.04 Å². The minimum absolute atomic E-state index is 0.225. The van der Waals surface area contributed by atoms with Crippen molar-refractivity contribution in [2.45, 2.75) is 31.7 Å². The molecule has 0 spiro atoms. The smallest absolute Gasteiger partial charge is 0.241 e. The molecule has 0 saturated carbocycles. The zero-order valence-corrected chi connectivity index (χ0v) is 17.3. The van der Waals surface area contributed by atoms with E-state index in [1.165, 1.54) is 0 Å². The molecule has 1 N–H and O–H groups in total. The van der Waals surface area contributed by atoms with E-state index in [9.17, 15) is 8.42 Å². The molecule has 0 radical (unpaired) electrons. The first-order chi connectivity index (χ1) is 11.7. The van der Waals surface area contributed by atoms with E-state index in [0.29, 0.717) is 11.5 Å². The fraction of sp³-hybridized carbons (Fsp3) is 0.333. The molecule has 5 nitrogen and oxygen atoms in total. The molecule has 0 aliphatic heterocycles. The zero-order valence-electron chi connectivity index (χ0n) is 14.9. The maximum Gasteiger partial charge on any atom is 0.241 e. The minimum atomic E-state index is -3.66. The van der Waals surface area contributed by atoms with Gasteiger partial charge in [0.05, 0.1) is 23.6 Å². The van der Waals surface area contributed by atoms with E-state index in [2.05, 4.69) is 20.7 Å². The van der Waals surface area contributed by atoms with Crippen molar-refractivity contribution in [3.63, 3.8) is 0 Å². The van der Waals surface area contributed by atoms with Gasteiger partial charge in [-0.1, -0.05) is 6.07 Å². The SMILES string of the molecule is COc1ccc(C(C)NS(=O)(=O)c2cc(C)c(OC)c(C)c2)cc1Br. The fourth-order valence-electron chi connectivity index (χ4n) is 2.71. The van der Waals surface area contributed by atoms with Crippen molar-refractivity contribution in [2.75, 3.05) is 14.2 Å². The maximum atomic E-state index is 12.7. The Bertz CT molecular complexity index is 858. The highest BCUT2D eigenvalue weighted by Gasteiger charge is 2.21. The molecule has 2 aromatic carbocycles. The molecule has 2 rings (SSSR count). The second-order valence-corrected chi connectivity index (χ2v) is 8.40. The van der Waals surface area contributed by atoms with Gasteiger partial charge in [0.1, 0.15) is 11.5 Å². The van der Waals surface area contributed by atoms with Crippen LogP contribution in [0.5, 0.6) is 11.5 Å². The van der Waals surface area contributed by atoms with E-state index in [0.717, 1.165) is 21.2 Å². The van der Waals surface area contributed by atoms with Crippen molar-refractivity contribution in [3.05, 3.63) is 51.5 Å². The van der Waals surface area contributed by atoms with Gasteiger partial charge in [-0.25, -0.2) is 13.1 Å². The van der Waals surface area contributed by atoms with Crippen LogP contribution in [0.3, 0.4) is 0 Å². The molecule has 7 heteroatoms. The van der Waals surface area contributed by atoms with Gasteiger partial charge in [0.15, 0.2) is 0 Å². The number of rotatable bonds is 6. The van der Waals surface area contributed by atoms with Crippen LogP contribution in [-0.4, -0.2) is 22.6 Å². The molecule has 0 amide bonds. The Kier molecular flexibility index (Phi) is 6.13. The van der Waals surface area contributed by atoms with Gasteiger partial charge in [-0.15, -0.1) is 0 Å². The van der Waals surface area contributed by atoms with Crippen molar-refractivity contribution in [2.24, 2.45) is 0 Å². The molecule has 0 fully saturated rings. The lowest BCUT2D eigenvalue weighted by molar-refractivity contribution is 0.408. The molecule has 0 saturated heterocycles. The Morgan fingerprint density at radius 2 is 1.64 bits per heavy atom. The highest BCUT2D eigenvalue weighted by molar-refractivity contribution is 9.10. The van der Waals surface area contributed by atoms with Crippen LogP contribution in [0, 0.1) is 13.8 Å². The van der Waals surface area contributed by atoms with Crippen LogP contribution >= 0.6 is 15.9 Å². The number of ether oxygens (including phenoxy) is 2. The number of benzene rings is 2. The van der Waals surface area contributed by atoms with E-state index in [1.54, 1.807) is 39.3 Å². The fourth-order valence-corrected chi connectivity index (χ4v) is 4.67. The number of halogens is 1. The largest absolute Gasteiger partial charge is 0.496 e. The van der Waals surface area contributed by atoms with E-state index in [1.807, 2.05) is 26.0 Å². The molecular formula is C18H22BrNO4S. The third-order valence-electron chi connectivity index (χ3n) is 3.96. The standard InChI is InChI=1S/C18H22BrNO4S/c1-11-8-15(9-12(2)18(11)24-5)25(21,22)20-13(3)14-6-7-17(23-4)16(19)10-14/h6-10,13,20H,1-5H3. The average molecular weight is 428 g/mol. The van der Waals surface area contributed by atoms with Gasteiger partial charge in [-0.2, -0.15) is 0 Å². The van der Waals surface area contributed by atoms with E-state index >= 15 is 0 Å². The van der Waals surface area contributed by atoms with Gasteiger partial charge < -0.3 is 9.47 Å². The van der Waals surface area contributed by atoms with Crippen molar-refractivity contribution >= 4 is 26.0 Å². The number of hydrogen-bond donors (Lipinski definition) is 1. The number of hydrogen-bond acceptors (Lipinski definition) is 4. The van der Waals surface area contributed by atoms with Gasteiger partial charge in [-0.05, 0) is 77.7 Å². The molecule has 0 heterocycles. The van der Waals surface area contributed by atoms with Crippen molar-refractivity contribution in [1.82, 2.24) is 4.72 Å². The number of nitrogens with one attached hydrogen (secondary N) is 1. The van der Waals surface area contributed by atoms with Gasteiger partial charge in [-0.3, -0.25) is 0 Å². The minimum Gasteiger partial charge on any atom is -0.496 e. The van der Waals surface area contributed by atoms with Crippen LogP contribution in [0.25, 0.3) is 0 Å². The lowest BCUT2D eigenvalue weighted by Gasteiger charge is -2.17. The van der Waals surface area contributed by atoms with Crippen LogP contribution in [0.2, 0.25) is 0 Å². The first-order valence-electron chi connectivity index (χ1n) is 7.70. The van der Waals surface area contributed by atoms with Crippen LogP contribution in [0.15, 0.2) is 39.7 Å². The monoisotopic (exact) mass is 427 g/mol. The van der Waals surface area contributed by atoms with Crippen LogP contribution in [0.4, 0.5) is 0 Å². The molecule has 1 atom stereocenters. The first kappa shape index (κ1) is 19.8. The van der Waals surface area contributed by atoms with Crippen molar-refractivity contribution < 1.29 is 17.9 Å². The molecule has 25 heavy (non-hydrogen) atoms. The summed E-state index contributed by atoms with van der Waals surface area (Å²) in [7, 11) is -0.500. The van der Waals surface area contributed by atoms with Crippen LogP contribution in [0.1, 0.15) is 29.7 Å². The molecule has 0 aromatic heterocycles. The van der Waals surface area contributed by atoms with Gasteiger partial charge >= 0.3 is 0 Å². The molecule has 1 unspecified atom stereocenters. The molecule has 0 aliphatic carbocycles. The predicted molar refractivity (Wildman–Crippen MR) is 102 cm³/mol. The summed E-state index contributed by atoms with van der Waals surface area (Å²) < 4.78 is 39.5. The lowest BCUT2D eigenvalue weighted by Crippen LogP contribution is -2.27. The summed E-state index contributed by atoms with van der Waals surface area (Å²) in [6, 6.07) is 8.31. The third kappa shape index (κ3) is 4.34. The summed E-state index contributed by atoms with van der Waals surface area (Å²) in [6.45, 7) is 5.46. The van der Waals surface area contributed by atoms with Crippen molar-refractivity contribution in [3.8, 4) is 11.5 Å². The van der Waals surface area contributed by atoms with Crippen molar-refractivity contribution in [1.29, 1.82) is 0 Å². The number of aryl methyl sites for hydroxylation is 2. The van der Waals surface area contributed by atoms with E-state index in [-0.39, 0.29) is 4.90 Å². The Balaban J connectivity index is 2.30. The normalized spacial score (nSPS) is 12.7. The molecule has 0 bridgehead atoms. The Morgan fingerprint density at radius 1 is 1.04 bits per heavy atom. The quantitative estimate of drug-likeness (QED) is 0.752. The molecule has 136 valence electrons. The Hall–Kier alpha value is -1.57. The Morgan fingerprint density at radius 3 is 2.12 bits per heavy atom. The van der Waals surface area contributed by atoms with Crippen LogP contribution < -0.4 is 14.2 Å². The second kappa shape index (κ2) is 7.76. The van der Waals surface area contributed by atoms with E-state index < -0.39 is 16.1 Å². The summed E-state index contributed by atoms with van der Waals surface area (Å²) >= 11 is 3.42. The van der Waals surface area contributed by atoms with E-state index in [4.69, 9.17) is 9.47 Å². The molecule has 0 aliphatic rings. The number of methoxy groups -OCH3 is 2. The molecular weight excluding hydrogens is 406 g/mol. The topological polar surface area (TPSA) is 64.6 Å². The van der Waals surface area contributed by atoms with Crippen LogP contribution in [-0.2, 0) is 10.0 Å². The first-order valence-corrected chi connectivity index (χ1v) is 9.98. The zero-order chi connectivity index (χ0) is 18.8. The Labute approximate surface area is 157 Å². The maximum absolute atomic E-state index is 12.7. The third-order valence-corrected chi connectivity index (χ3v) is 6.10. The lowest BCUT2D eigenvalue weighted by atomic mass is 10.1. The van der Waals surface area contributed by atoms with Gasteiger partial charge in [0.2, 0.25) is 10.0 Å². The highest BCUT2D eigenvalue weighted by Crippen LogP contribution is 2.30. The summed E-state index contributed by atoms with van der Waals surface area (Å²) in [5.74, 6) is 1.39. The molecule has 2 aromatic rings. The van der Waals surface area contributed by atoms with Gasteiger partial charge in [0.25, 0.3) is 0 Å². The second-order valence-electron chi connectivity index (χ2n) is 5.83. The average Bonchev–Trinajstić information content (AvgIpc) is 2.54. The predicted octanol–water partition coefficient (Wildman–Crippen LogP) is 4.12. The summed E-state index contributed by atoms with van der Waals surface area (Å²) in [5.41, 5.74) is 2.39. The summed E-state index contributed by atoms with van der Waals surface area (Å²) in [6.07, 6.45) is 0. The summed E-state index contributed by atoms with van der Waals surface area (Å²) in [5, 5.41) is 0. The summed E-state index contributed by atoms with van der Waals surface area (Å²) in [4.78, 5) is 0.225. The highest BCUT2D eigenvalue weighted by atomic mass is 79.9. The number of sulfonamides is 1.